The van der Waals surface area contributed by atoms with E-state index in [4.69, 9.17) is 9.84 Å². The van der Waals surface area contributed by atoms with E-state index in [2.05, 4.69) is 5.32 Å². The molecule has 0 fully saturated rings. The van der Waals surface area contributed by atoms with Crippen LogP contribution in [-0.2, 0) is 9.59 Å². The Hall–Kier alpha value is -2.24. The summed E-state index contributed by atoms with van der Waals surface area (Å²) in [5.41, 5.74) is 1.49. The number of anilines is 2. The lowest BCUT2D eigenvalue weighted by atomic mass is 10.2. The third-order valence-corrected chi connectivity index (χ3v) is 3.02. The van der Waals surface area contributed by atoms with Gasteiger partial charge in [-0.1, -0.05) is 0 Å². The Labute approximate surface area is 111 Å². The number of ether oxygens (including phenoxy) is 1. The van der Waals surface area contributed by atoms with Crippen molar-refractivity contribution in [3.05, 3.63) is 18.2 Å². The van der Waals surface area contributed by atoms with Gasteiger partial charge in [0.15, 0.2) is 0 Å². The van der Waals surface area contributed by atoms with E-state index in [1.807, 2.05) is 11.0 Å². The molecule has 1 aliphatic rings. The molecule has 2 N–H and O–H groups in total. The van der Waals surface area contributed by atoms with E-state index in [9.17, 15) is 9.59 Å². The second-order valence-electron chi connectivity index (χ2n) is 4.31. The molecular weight excluding hydrogens is 248 g/mol. The highest BCUT2D eigenvalue weighted by atomic mass is 16.5. The molecule has 1 aromatic rings. The molecule has 102 valence electrons. The highest BCUT2D eigenvalue weighted by molar-refractivity contribution is 5.96. The molecule has 0 saturated carbocycles. The number of benzene rings is 1. The van der Waals surface area contributed by atoms with Gasteiger partial charge in [-0.25, -0.2) is 0 Å². The maximum atomic E-state index is 11.6. The first-order chi connectivity index (χ1) is 9.10. The molecule has 0 aromatic heterocycles. The quantitative estimate of drug-likeness (QED) is 0.857. The van der Waals surface area contributed by atoms with Gasteiger partial charge in [-0.15, -0.1) is 0 Å². The number of nitrogens with one attached hydrogen (secondary N) is 1. The van der Waals surface area contributed by atoms with Gasteiger partial charge < -0.3 is 20.1 Å². The number of rotatable bonds is 4. The summed E-state index contributed by atoms with van der Waals surface area (Å²) in [4.78, 5) is 24.2. The van der Waals surface area contributed by atoms with Crippen LogP contribution in [0.15, 0.2) is 18.2 Å². The van der Waals surface area contributed by atoms with Gasteiger partial charge in [0.1, 0.15) is 5.75 Å². The van der Waals surface area contributed by atoms with Crippen LogP contribution < -0.4 is 15.0 Å². The average molecular weight is 264 g/mol. The van der Waals surface area contributed by atoms with Crippen molar-refractivity contribution >= 4 is 23.3 Å². The maximum absolute atomic E-state index is 11.6. The highest BCUT2D eigenvalue weighted by Gasteiger charge is 2.20. The van der Waals surface area contributed by atoms with Gasteiger partial charge in [-0.05, 0) is 12.1 Å². The van der Waals surface area contributed by atoms with Crippen molar-refractivity contribution in [2.45, 2.75) is 12.8 Å². The Morgan fingerprint density at radius 1 is 1.53 bits per heavy atom. The Morgan fingerprint density at radius 3 is 3.00 bits per heavy atom. The molecule has 0 bridgehead atoms. The van der Waals surface area contributed by atoms with Crippen LogP contribution in [0.3, 0.4) is 0 Å². The van der Waals surface area contributed by atoms with Gasteiger partial charge in [0.05, 0.1) is 24.9 Å². The molecule has 0 atom stereocenters. The Morgan fingerprint density at radius 2 is 2.32 bits per heavy atom. The van der Waals surface area contributed by atoms with Gasteiger partial charge in [0.25, 0.3) is 0 Å². The molecule has 1 aliphatic heterocycles. The predicted molar refractivity (Wildman–Crippen MR) is 70.7 cm³/mol. The first-order valence-electron chi connectivity index (χ1n) is 6.05. The van der Waals surface area contributed by atoms with Gasteiger partial charge in [-0.3, -0.25) is 9.59 Å². The van der Waals surface area contributed by atoms with Crippen LogP contribution in [0.25, 0.3) is 0 Å². The second-order valence-corrected chi connectivity index (χ2v) is 4.31. The van der Waals surface area contributed by atoms with Crippen LogP contribution >= 0.6 is 0 Å². The Bertz CT molecular complexity index is 501. The largest absolute Gasteiger partial charge is 0.497 e. The minimum Gasteiger partial charge on any atom is -0.497 e. The summed E-state index contributed by atoms with van der Waals surface area (Å²) in [6, 6.07) is 5.34. The SMILES string of the molecule is COc1ccc2c(c1)N(CCC(=O)O)CCC(=O)N2. The molecule has 0 spiro atoms. The van der Waals surface area contributed by atoms with Gasteiger partial charge in [0, 0.05) is 25.6 Å². The third-order valence-electron chi connectivity index (χ3n) is 3.02. The number of fused-ring (bicyclic) bond motifs is 1. The number of carboxylic acid groups (broad SMARTS) is 1. The summed E-state index contributed by atoms with van der Waals surface area (Å²) in [5.74, 6) is -0.243. The molecule has 2 rings (SSSR count). The van der Waals surface area contributed by atoms with E-state index in [0.717, 1.165) is 5.69 Å². The number of amides is 1. The van der Waals surface area contributed by atoms with Crippen molar-refractivity contribution in [2.75, 3.05) is 30.4 Å². The van der Waals surface area contributed by atoms with Crippen LogP contribution in [-0.4, -0.2) is 37.2 Å². The zero-order valence-corrected chi connectivity index (χ0v) is 10.7. The van der Waals surface area contributed by atoms with E-state index < -0.39 is 5.97 Å². The molecule has 1 aromatic carbocycles. The van der Waals surface area contributed by atoms with Gasteiger partial charge in [0.2, 0.25) is 5.91 Å². The van der Waals surface area contributed by atoms with Gasteiger partial charge in [-0.2, -0.15) is 0 Å². The summed E-state index contributed by atoms with van der Waals surface area (Å²) in [7, 11) is 1.57. The van der Waals surface area contributed by atoms with E-state index in [1.54, 1.807) is 19.2 Å². The molecule has 1 amide bonds. The van der Waals surface area contributed by atoms with E-state index in [0.29, 0.717) is 30.9 Å². The summed E-state index contributed by atoms with van der Waals surface area (Å²) in [5, 5.41) is 11.6. The molecule has 6 heteroatoms. The number of carboxylic acids is 1. The minimum atomic E-state index is -0.854. The van der Waals surface area contributed by atoms with Crippen molar-refractivity contribution in [3.63, 3.8) is 0 Å². The fraction of sp³-hybridized carbons (Fsp3) is 0.385. The zero-order chi connectivity index (χ0) is 13.8. The lowest BCUT2D eigenvalue weighted by molar-refractivity contribution is -0.136. The topological polar surface area (TPSA) is 78.9 Å². The standard InChI is InChI=1S/C13H16N2O4/c1-19-9-2-3-10-11(8-9)15(7-5-13(17)18)6-4-12(16)14-10/h2-3,8H,4-7H2,1H3,(H,14,16)(H,17,18). The first-order valence-corrected chi connectivity index (χ1v) is 6.05. The lowest BCUT2D eigenvalue weighted by Gasteiger charge is -2.23. The molecule has 19 heavy (non-hydrogen) atoms. The number of nitrogens with zero attached hydrogens (tertiary/aromatic N) is 1. The highest BCUT2D eigenvalue weighted by Crippen LogP contribution is 2.32. The fourth-order valence-corrected chi connectivity index (χ4v) is 2.04. The number of hydrogen-bond donors (Lipinski definition) is 2. The van der Waals surface area contributed by atoms with Crippen LogP contribution in [0.5, 0.6) is 5.75 Å². The number of carbonyl (C=O) groups excluding carboxylic acids is 1. The van der Waals surface area contributed by atoms with Crippen molar-refractivity contribution in [1.82, 2.24) is 0 Å². The average Bonchev–Trinajstić information content (AvgIpc) is 2.54. The van der Waals surface area contributed by atoms with Gasteiger partial charge >= 0.3 is 5.97 Å². The van der Waals surface area contributed by atoms with Crippen molar-refractivity contribution in [3.8, 4) is 5.75 Å². The summed E-state index contributed by atoms with van der Waals surface area (Å²) < 4.78 is 5.17. The second kappa shape index (κ2) is 5.60. The number of methoxy groups -OCH3 is 1. The summed E-state index contributed by atoms with van der Waals surface area (Å²) in [6.45, 7) is 0.865. The minimum absolute atomic E-state index is 0.0326. The van der Waals surface area contributed by atoms with Crippen LogP contribution in [0.4, 0.5) is 11.4 Å². The van der Waals surface area contributed by atoms with Crippen LogP contribution in [0.2, 0.25) is 0 Å². The smallest absolute Gasteiger partial charge is 0.305 e. The van der Waals surface area contributed by atoms with Crippen molar-refractivity contribution in [2.24, 2.45) is 0 Å². The number of aliphatic carboxylic acids is 1. The van der Waals surface area contributed by atoms with Crippen LogP contribution in [0, 0.1) is 0 Å². The molecule has 0 radical (unpaired) electrons. The monoisotopic (exact) mass is 264 g/mol. The zero-order valence-electron chi connectivity index (χ0n) is 10.7. The van der Waals surface area contributed by atoms with E-state index in [1.165, 1.54) is 0 Å². The third kappa shape index (κ3) is 3.15. The van der Waals surface area contributed by atoms with E-state index >= 15 is 0 Å². The maximum Gasteiger partial charge on any atom is 0.305 e. The molecule has 0 aliphatic carbocycles. The molecule has 0 unspecified atom stereocenters. The molecule has 0 saturated heterocycles. The van der Waals surface area contributed by atoms with Crippen molar-refractivity contribution < 1.29 is 19.4 Å². The number of carbonyl (C=O) groups is 2. The fourth-order valence-electron chi connectivity index (χ4n) is 2.04. The number of hydrogen-bond acceptors (Lipinski definition) is 4. The molecule has 6 nitrogen and oxygen atoms in total. The Balaban J connectivity index is 2.30. The van der Waals surface area contributed by atoms with Crippen LogP contribution in [0.1, 0.15) is 12.8 Å². The molecular formula is C13H16N2O4. The first kappa shape index (κ1) is 13.2. The van der Waals surface area contributed by atoms with Crippen molar-refractivity contribution in [1.29, 1.82) is 0 Å². The summed E-state index contributed by atoms with van der Waals surface area (Å²) >= 11 is 0. The normalized spacial score (nSPS) is 14.4. The molecule has 1 heterocycles. The lowest BCUT2D eigenvalue weighted by Crippen LogP contribution is -2.27. The summed E-state index contributed by atoms with van der Waals surface area (Å²) in [6.07, 6.45) is 0.376. The Kier molecular flexibility index (Phi) is 3.89. The predicted octanol–water partition coefficient (Wildman–Crippen LogP) is 1.32. The van der Waals surface area contributed by atoms with E-state index in [-0.39, 0.29) is 12.3 Å².